The van der Waals surface area contributed by atoms with Crippen LogP contribution in [0.3, 0.4) is 0 Å². The van der Waals surface area contributed by atoms with Crippen LogP contribution in [-0.2, 0) is 14.9 Å². The standard InChI is InChI=1S/C11H7BrF3NO6S2/c1-3-2-4-8(23-10(12)16-4)7(5(3)6(17)9(18)19)22-24(20,21)11(13,14)15/h2,6,17H,1H3,(H,18,19)/p-1. The number of aryl methyl sites for hydroxylation is 1. The Morgan fingerprint density at radius 2 is 2.08 bits per heavy atom. The van der Waals surface area contributed by atoms with E-state index in [1.54, 1.807) is 0 Å². The van der Waals surface area contributed by atoms with Gasteiger partial charge in [-0.15, -0.1) is 11.3 Å². The number of aromatic nitrogens is 1. The molecule has 132 valence electrons. The van der Waals surface area contributed by atoms with Crippen molar-refractivity contribution in [2.24, 2.45) is 0 Å². The van der Waals surface area contributed by atoms with Crippen molar-refractivity contribution >= 4 is 53.6 Å². The van der Waals surface area contributed by atoms with Crippen molar-refractivity contribution < 1.29 is 40.8 Å². The molecule has 0 saturated heterocycles. The molecule has 0 fully saturated rings. The number of aliphatic hydroxyl groups is 1. The van der Waals surface area contributed by atoms with Gasteiger partial charge in [0.25, 0.3) is 0 Å². The molecule has 0 amide bonds. The fourth-order valence-electron chi connectivity index (χ4n) is 1.85. The Kier molecular flexibility index (Phi) is 4.82. The monoisotopic (exact) mass is 448 g/mol. The van der Waals surface area contributed by atoms with E-state index in [0.29, 0.717) is 11.3 Å². The largest absolute Gasteiger partial charge is 0.547 e. The summed E-state index contributed by atoms with van der Waals surface area (Å²) in [5.41, 5.74) is -6.38. The summed E-state index contributed by atoms with van der Waals surface area (Å²) in [6, 6.07) is 1.27. The van der Waals surface area contributed by atoms with Crippen molar-refractivity contribution in [1.82, 2.24) is 4.98 Å². The molecule has 2 aromatic rings. The lowest BCUT2D eigenvalue weighted by atomic mass is 10.0. The predicted octanol–water partition coefficient (Wildman–Crippen LogP) is 1.38. The molecule has 0 radical (unpaired) electrons. The summed E-state index contributed by atoms with van der Waals surface area (Å²) in [4.78, 5) is 14.8. The highest BCUT2D eigenvalue weighted by molar-refractivity contribution is 9.11. The Hall–Kier alpha value is -1.44. The average Bonchev–Trinajstić information content (AvgIpc) is 2.76. The molecule has 1 unspecified atom stereocenters. The van der Waals surface area contributed by atoms with Crippen molar-refractivity contribution in [3.8, 4) is 5.75 Å². The molecule has 13 heteroatoms. The first-order chi connectivity index (χ1) is 10.8. The third-order valence-corrected chi connectivity index (χ3v) is 5.30. The number of benzene rings is 1. The van der Waals surface area contributed by atoms with Gasteiger partial charge in [-0.3, -0.25) is 0 Å². The normalized spacial score (nSPS) is 13.9. The number of halogens is 4. The van der Waals surface area contributed by atoms with Crippen molar-refractivity contribution in [2.75, 3.05) is 0 Å². The molecule has 7 nitrogen and oxygen atoms in total. The van der Waals surface area contributed by atoms with Crippen molar-refractivity contribution in [1.29, 1.82) is 0 Å². The molecule has 2 rings (SSSR count). The van der Waals surface area contributed by atoms with Gasteiger partial charge in [-0.2, -0.15) is 21.6 Å². The molecule has 0 spiro atoms. The molecule has 0 bridgehead atoms. The van der Waals surface area contributed by atoms with Crippen LogP contribution in [0.25, 0.3) is 10.2 Å². The van der Waals surface area contributed by atoms with Crippen molar-refractivity contribution in [3.05, 3.63) is 21.1 Å². The second-order valence-corrected chi connectivity index (χ2v) is 8.27. The number of rotatable bonds is 4. The molecule has 1 aromatic carbocycles. The topological polar surface area (TPSA) is 117 Å². The Morgan fingerprint density at radius 3 is 2.58 bits per heavy atom. The maximum atomic E-state index is 12.6. The Balaban J connectivity index is 2.81. The molecule has 1 atom stereocenters. The highest BCUT2D eigenvalue weighted by Crippen LogP contribution is 2.42. The van der Waals surface area contributed by atoms with Crippen LogP contribution in [0.4, 0.5) is 13.2 Å². The van der Waals surface area contributed by atoms with E-state index < -0.39 is 39.0 Å². The minimum atomic E-state index is -6.09. The minimum Gasteiger partial charge on any atom is -0.547 e. The van der Waals surface area contributed by atoms with Crippen molar-refractivity contribution in [2.45, 2.75) is 18.5 Å². The summed E-state index contributed by atoms with van der Waals surface area (Å²) in [5.74, 6) is -2.99. The molecule has 1 N–H and O–H groups in total. The third kappa shape index (κ3) is 3.34. The average molecular weight is 449 g/mol. The summed E-state index contributed by atoms with van der Waals surface area (Å²) in [6.07, 6.45) is -2.39. The van der Waals surface area contributed by atoms with Crippen LogP contribution in [-0.4, -0.2) is 30.0 Å². The molecule has 0 saturated carbocycles. The molecular weight excluding hydrogens is 443 g/mol. The second-order valence-electron chi connectivity index (χ2n) is 4.46. The van der Waals surface area contributed by atoms with Gasteiger partial charge in [0.15, 0.2) is 9.67 Å². The zero-order chi connectivity index (χ0) is 18.4. The van der Waals surface area contributed by atoms with E-state index >= 15 is 0 Å². The smallest absolute Gasteiger partial charge is 0.534 e. The van der Waals surface area contributed by atoms with E-state index in [9.17, 15) is 36.6 Å². The van der Waals surface area contributed by atoms with E-state index in [1.807, 2.05) is 0 Å². The lowest BCUT2D eigenvalue weighted by Crippen LogP contribution is -2.32. The first-order valence-electron chi connectivity index (χ1n) is 5.84. The summed E-state index contributed by atoms with van der Waals surface area (Å²) in [6.45, 7) is 1.25. The summed E-state index contributed by atoms with van der Waals surface area (Å²) < 4.78 is 64.5. The van der Waals surface area contributed by atoms with Crippen LogP contribution in [0.2, 0.25) is 0 Å². The number of carbonyl (C=O) groups is 1. The fourth-order valence-corrected chi connectivity index (χ4v) is 3.83. The van der Waals surface area contributed by atoms with E-state index in [4.69, 9.17) is 0 Å². The molecule has 0 aliphatic carbocycles. The van der Waals surface area contributed by atoms with Gasteiger partial charge in [0.2, 0.25) is 0 Å². The number of fused-ring (bicyclic) bond motifs is 1. The molecule has 1 aromatic heterocycles. The molecular formula is C11H6BrF3NO6S2-. The van der Waals surface area contributed by atoms with Gasteiger partial charge in [0.1, 0.15) is 6.10 Å². The summed E-state index contributed by atoms with van der Waals surface area (Å²) >= 11 is 3.69. The Morgan fingerprint density at radius 1 is 1.50 bits per heavy atom. The van der Waals surface area contributed by atoms with Crippen LogP contribution in [0, 0.1) is 6.92 Å². The molecule has 0 aliphatic rings. The minimum absolute atomic E-state index is 0.0376. The van der Waals surface area contributed by atoms with Crippen LogP contribution in [0.1, 0.15) is 17.2 Å². The number of hydrogen-bond donors (Lipinski definition) is 1. The first-order valence-corrected chi connectivity index (χ1v) is 8.86. The Bertz CT molecular complexity index is 924. The van der Waals surface area contributed by atoms with Gasteiger partial charge in [0, 0.05) is 5.56 Å². The van der Waals surface area contributed by atoms with E-state index in [0.717, 1.165) is 0 Å². The lowest BCUT2D eigenvalue weighted by molar-refractivity contribution is -0.315. The lowest BCUT2D eigenvalue weighted by Gasteiger charge is -2.19. The first kappa shape index (κ1) is 18.9. The molecule has 1 heterocycles. The number of carboxylic acids is 1. The van der Waals surface area contributed by atoms with Crippen LogP contribution in [0.5, 0.6) is 5.75 Å². The van der Waals surface area contributed by atoms with Gasteiger partial charge in [-0.05, 0) is 34.5 Å². The SMILES string of the molecule is Cc1cc2nc(Br)sc2c(OS(=O)(=O)C(F)(F)F)c1C(O)C(=O)[O-]. The van der Waals surface area contributed by atoms with Gasteiger partial charge < -0.3 is 19.2 Å². The zero-order valence-corrected chi connectivity index (χ0v) is 14.6. The summed E-state index contributed by atoms with van der Waals surface area (Å²) in [5, 5.41) is 20.6. The number of aliphatic hydroxyl groups excluding tert-OH is 1. The number of carboxylic acid groups (broad SMARTS) is 1. The zero-order valence-electron chi connectivity index (χ0n) is 11.4. The van der Waals surface area contributed by atoms with Gasteiger partial charge in [0.05, 0.1) is 16.2 Å². The maximum absolute atomic E-state index is 12.6. The number of thiazole rings is 1. The fraction of sp³-hybridized carbons (Fsp3) is 0.273. The number of aliphatic carboxylic acids is 1. The second kappa shape index (κ2) is 6.13. The number of alkyl halides is 3. The quantitative estimate of drug-likeness (QED) is 0.554. The number of hydrogen-bond acceptors (Lipinski definition) is 8. The van der Waals surface area contributed by atoms with Crippen LogP contribution < -0.4 is 9.29 Å². The predicted molar refractivity (Wildman–Crippen MR) is 77.6 cm³/mol. The maximum Gasteiger partial charge on any atom is 0.534 e. The van der Waals surface area contributed by atoms with Crippen LogP contribution in [0.15, 0.2) is 9.98 Å². The number of carbonyl (C=O) groups excluding carboxylic acids is 1. The number of nitrogens with zero attached hydrogens (tertiary/aromatic N) is 1. The van der Waals surface area contributed by atoms with Gasteiger partial charge >= 0.3 is 15.6 Å². The summed E-state index contributed by atoms with van der Waals surface area (Å²) in [7, 11) is -6.09. The van der Waals surface area contributed by atoms with Crippen molar-refractivity contribution in [3.63, 3.8) is 0 Å². The van der Waals surface area contributed by atoms with E-state index in [2.05, 4.69) is 25.1 Å². The van der Waals surface area contributed by atoms with Gasteiger partial charge in [-0.25, -0.2) is 4.98 Å². The molecule has 24 heavy (non-hydrogen) atoms. The highest BCUT2D eigenvalue weighted by Gasteiger charge is 2.49. The third-order valence-electron chi connectivity index (χ3n) is 2.83. The van der Waals surface area contributed by atoms with Crippen LogP contribution >= 0.6 is 27.3 Å². The highest BCUT2D eigenvalue weighted by atomic mass is 79.9. The Labute approximate surface area is 144 Å². The van der Waals surface area contributed by atoms with E-state index in [-0.39, 0.29) is 19.7 Å². The molecule has 0 aliphatic heterocycles. The van der Waals surface area contributed by atoms with Gasteiger partial charge in [-0.1, -0.05) is 0 Å². The van der Waals surface area contributed by atoms with E-state index in [1.165, 1.54) is 13.0 Å².